The molecule has 0 aliphatic rings. The molecule has 0 saturated heterocycles. The van der Waals surface area contributed by atoms with Gasteiger partial charge >= 0.3 is 5.97 Å². The van der Waals surface area contributed by atoms with E-state index in [2.05, 4.69) is 9.72 Å². The number of esters is 1. The largest absolute Gasteiger partial charge is 0.483 e. The highest BCUT2D eigenvalue weighted by molar-refractivity contribution is 5.89. The van der Waals surface area contributed by atoms with Crippen LogP contribution in [-0.4, -0.2) is 18.1 Å². The molecule has 0 radical (unpaired) electrons. The van der Waals surface area contributed by atoms with Gasteiger partial charge < -0.3 is 9.47 Å². The van der Waals surface area contributed by atoms with E-state index in [1.165, 1.54) is 7.11 Å². The molecule has 0 saturated carbocycles. The predicted molar refractivity (Wildman–Crippen MR) is 75.7 cm³/mol. The second kappa shape index (κ2) is 5.74. The molecule has 0 amide bonds. The number of pyridine rings is 1. The first-order chi connectivity index (χ1) is 9.53. The zero-order chi connectivity index (χ0) is 14.6. The van der Waals surface area contributed by atoms with Crippen molar-refractivity contribution in [3.63, 3.8) is 0 Å². The average molecular weight is 271 g/mol. The van der Waals surface area contributed by atoms with Gasteiger partial charge in [-0.2, -0.15) is 0 Å². The molecule has 0 atom stereocenters. The predicted octanol–water partition coefficient (Wildman–Crippen LogP) is 3.18. The van der Waals surface area contributed by atoms with Crippen molar-refractivity contribution in [2.75, 3.05) is 7.11 Å². The van der Waals surface area contributed by atoms with Crippen LogP contribution in [0.15, 0.2) is 48.8 Å². The summed E-state index contributed by atoms with van der Waals surface area (Å²) in [6.45, 7) is 3.94. The van der Waals surface area contributed by atoms with Crippen molar-refractivity contribution in [2.24, 2.45) is 0 Å². The Morgan fingerprint density at radius 2 is 1.85 bits per heavy atom. The first-order valence-corrected chi connectivity index (χ1v) is 6.31. The number of hydrogen-bond acceptors (Lipinski definition) is 4. The second-order valence-corrected chi connectivity index (χ2v) is 4.87. The van der Waals surface area contributed by atoms with Gasteiger partial charge in [0.05, 0.1) is 12.7 Å². The van der Waals surface area contributed by atoms with Gasteiger partial charge in [0, 0.05) is 18.0 Å². The summed E-state index contributed by atoms with van der Waals surface area (Å²) in [5.41, 5.74) is 0.984. The highest BCUT2D eigenvalue weighted by Gasteiger charge is 2.22. The summed E-state index contributed by atoms with van der Waals surface area (Å²) in [6.07, 6.45) is 3.51. The smallest absolute Gasteiger partial charge is 0.337 e. The Kier molecular flexibility index (Phi) is 4.03. The Morgan fingerprint density at radius 3 is 2.40 bits per heavy atom. The molecule has 20 heavy (non-hydrogen) atoms. The summed E-state index contributed by atoms with van der Waals surface area (Å²) < 4.78 is 10.6. The van der Waals surface area contributed by atoms with E-state index in [9.17, 15) is 4.79 Å². The molecule has 1 aromatic carbocycles. The Hall–Kier alpha value is -2.36. The van der Waals surface area contributed by atoms with Crippen LogP contribution in [-0.2, 0) is 10.3 Å². The zero-order valence-electron chi connectivity index (χ0n) is 11.8. The summed E-state index contributed by atoms with van der Waals surface area (Å²) in [6, 6.07) is 10.7. The maximum Gasteiger partial charge on any atom is 0.337 e. The van der Waals surface area contributed by atoms with Crippen molar-refractivity contribution >= 4 is 5.97 Å². The Bertz CT molecular complexity index is 576. The Balaban J connectivity index is 2.15. The van der Waals surface area contributed by atoms with Gasteiger partial charge in [-0.3, -0.25) is 4.98 Å². The van der Waals surface area contributed by atoms with Crippen LogP contribution in [0.4, 0.5) is 0 Å². The van der Waals surface area contributed by atoms with E-state index in [0.717, 1.165) is 5.56 Å². The molecule has 2 aromatic rings. The number of aromatic nitrogens is 1. The van der Waals surface area contributed by atoms with E-state index in [0.29, 0.717) is 11.3 Å². The number of benzene rings is 1. The minimum absolute atomic E-state index is 0.358. The summed E-state index contributed by atoms with van der Waals surface area (Å²) in [5, 5.41) is 0. The molecule has 0 unspecified atom stereocenters. The highest BCUT2D eigenvalue weighted by atomic mass is 16.5. The maximum atomic E-state index is 11.4. The molecule has 0 aliphatic heterocycles. The molecule has 1 heterocycles. The highest BCUT2D eigenvalue weighted by Crippen LogP contribution is 2.27. The van der Waals surface area contributed by atoms with Gasteiger partial charge in [0.1, 0.15) is 11.4 Å². The zero-order valence-corrected chi connectivity index (χ0v) is 11.8. The van der Waals surface area contributed by atoms with Crippen molar-refractivity contribution in [3.05, 3.63) is 59.9 Å². The maximum absolute atomic E-state index is 11.4. The van der Waals surface area contributed by atoms with Gasteiger partial charge in [0.2, 0.25) is 0 Å². The molecule has 4 heteroatoms. The Labute approximate surface area is 118 Å². The standard InChI is InChI=1S/C16H17NO3/c1-16(2,13-5-4-10-17-11-13)20-14-8-6-12(7-9-14)15(18)19-3/h4-11H,1-3H3. The lowest BCUT2D eigenvalue weighted by molar-refractivity contribution is 0.0600. The fraction of sp³-hybridized carbons (Fsp3) is 0.250. The Morgan fingerprint density at radius 1 is 1.15 bits per heavy atom. The van der Waals surface area contributed by atoms with Crippen LogP contribution < -0.4 is 4.74 Å². The number of carbonyl (C=O) groups is 1. The molecule has 0 N–H and O–H groups in total. The first kappa shape index (κ1) is 14.1. The molecule has 2 rings (SSSR count). The SMILES string of the molecule is COC(=O)c1ccc(OC(C)(C)c2cccnc2)cc1. The van der Waals surface area contributed by atoms with E-state index >= 15 is 0 Å². The summed E-state index contributed by atoms with van der Waals surface area (Å²) in [5.74, 6) is 0.328. The molecular formula is C16H17NO3. The lowest BCUT2D eigenvalue weighted by Crippen LogP contribution is -2.25. The van der Waals surface area contributed by atoms with Gasteiger partial charge in [0.15, 0.2) is 0 Å². The topological polar surface area (TPSA) is 48.4 Å². The first-order valence-electron chi connectivity index (χ1n) is 6.31. The fourth-order valence-corrected chi connectivity index (χ4v) is 1.85. The third kappa shape index (κ3) is 3.15. The van der Waals surface area contributed by atoms with Crippen molar-refractivity contribution < 1.29 is 14.3 Å². The summed E-state index contributed by atoms with van der Waals surface area (Å²) in [7, 11) is 1.36. The molecule has 1 aromatic heterocycles. The van der Waals surface area contributed by atoms with E-state index < -0.39 is 5.60 Å². The van der Waals surface area contributed by atoms with E-state index in [1.54, 1.807) is 36.7 Å². The van der Waals surface area contributed by atoms with Crippen molar-refractivity contribution in [1.29, 1.82) is 0 Å². The molecular weight excluding hydrogens is 254 g/mol. The molecule has 0 bridgehead atoms. The third-order valence-corrected chi connectivity index (χ3v) is 3.01. The van der Waals surface area contributed by atoms with Crippen LogP contribution in [0.1, 0.15) is 29.8 Å². The van der Waals surface area contributed by atoms with E-state index in [4.69, 9.17) is 4.74 Å². The summed E-state index contributed by atoms with van der Waals surface area (Å²) in [4.78, 5) is 15.5. The van der Waals surface area contributed by atoms with Crippen molar-refractivity contribution in [1.82, 2.24) is 4.98 Å². The average Bonchev–Trinajstić information content (AvgIpc) is 2.48. The number of carbonyl (C=O) groups excluding carboxylic acids is 1. The number of hydrogen-bond donors (Lipinski definition) is 0. The molecule has 0 fully saturated rings. The van der Waals surface area contributed by atoms with Gasteiger partial charge in [-0.15, -0.1) is 0 Å². The van der Waals surface area contributed by atoms with Gasteiger partial charge in [-0.25, -0.2) is 4.79 Å². The summed E-state index contributed by atoms with van der Waals surface area (Å²) >= 11 is 0. The fourth-order valence-electron chi connectivity index (χ4n) is 1.85. The lowest BCUT2D eigenvalue weighted by atomic mass is 10.00. The number of methoxy groups -OCH3 is 1. The van der Waals surface area contributed by atoms with E-state index in [1.807, 2.05) is 26.0 Å². The molecule has 0 spiro atoms. The van der Waals surface area contributed by atoms with Crippen LogP contribution >= 0.6 is 0 Å². The van der Waals surface area contributed by atoms with Crippen LogP contribution in [0.2, 0.25) is 0 Å². The van der Waals surface area contributed by atoms with E-state index in [-0.39, 0.29) is 5.97 Å². The minimum Gasteiger partial charge on any atom is -0.483 e. The van der Waals surface area contributed by atoms with Crippen molar-refractivity contribution in [2.45, 2.75) is 19.4 Å². The van der Waals surface area contributed by atoms with Crippen LogP contribution in [0.25, 0.3) is 0 Å². The third-order valence-electron chi connectivity index (χ3n) is 3.01. The minimum atomic E-state index is -0.499. The molecule has 4 nitrogen and oxygen atoms in total. The van der Waals surface area contributed by atoms with Gasteiger partial charge in [-0.05, 0) is 44.2 Å². The number of rotatable bonds is 4. The van der Waals surface area contributed by atoms with Gasteiger partial charge in [-0.1, -0.05) is 6.07 Å². The quantitative estimate of drug-likeness (QED) is 0.801. The second-order valence-electron chi connectivity index (χ2n) is 4.87. The normalized spacial score (nSPS) is 10.9. The lowest BCUT2D eigenvalue weighted by Gasteiger charge is -2.26. The number of nitrogens with zero attached hydrogens (tertiary/aromatic N) is 1. The molecule has 0 aliphatic carbocycles. The van der Waals surface area contributed by atoms with Crippen molar-refractivity contribution in [3.8, 4) is 5.75 Å². The van der Waals surface area contributed by atoms with Crippen LogP contribution in [0.3, 0.4) is 0 Å². The van der Waals surface area contributed by atoms with Crippen LogP contribution in [0, 0.1) is 0 Å². The monoisotopic (exact) mass is 271 g/mol. The number of ether oxygens (including phenoxy) is 2. The van der Waals surface area contributed by atoms with Crippen LogP contribution in [0.5, 0.6) is 5.75 Å². The van der Waals surface area contributed by atoms with Gasteiger partial charge in [0.25, 0.3) is 0 Å². The molecule has 104 valence electrons.